The average molecular weight is 368 g/mol. The van der Waals surface area contributed by atoms with Crippen molar-refractivity contribution in [2.24, 2.45) is 5.92 Å². The number of amides is 3. The topological polar surface area (TPSA) is 84.3 Å². The number of rotatable bonds is 7. The van der Waals surface area contributed by atoms with Gasteiger partial charge in [0.2, 0.25) is 5.91 Å². The van der Waals surface area contributed by atoms with Crippen molar-refractivity contribution in [2.45, 2.75) is 39.8 Å². The van der Waals surface area contributed by atoms with Crippen molar-refractivity contribution < 1.29 is 14.4 Å². The Hall–Kier alpha value is -2.96. The van der Waals surface area contributed by atoms with Gasteiger partial charge < -0.3 is 5.32 Å². The van der Waals surface area contributed by atoms with Gasteiger partial charge in [-0.3, -0.25) is 24.0 Å². The molecule has 7 nitrogen and oxygen atoms in total. The minimum Gasteiger partial charge on any atom is -0.354 e. The van der Waals surface area contributed by atoms with E-state index < -0.39 is 17.9 Å². The molecule has 0 aliphatic carbocycles. The Morgan fingerprint density at radius 1 is 1.15 bits per heavy atom. The highest BCUT2D eigenvalue weighted by atomic mass is 16.2. The third-order valence-electron chi connectivity index (χ3n) is 4.63. The SMILES string of the molecule is Cc1cnn(CCCNC(=O)C(C(C)C)N2C(=O)c3ccccc3C2=O)c1. The summed E-state index contributed by atoms with van der Waals surface area (Å²) in [7, 11) is 0. The first kappa shape index (κ1) is 18.8. The second kappa shape index (κ2) is 7.73. The Morgan fingerprint density at radius 3 is 2.30 bits per heavy atom. The predicted molar refractivity (Wildman–Crippen MR) is 100 cm³/mol. The number of hydrogen-bond donors (Lipinski definition) is 1. The highest BCUT2D eigenvalue weighted by Crippen LogP contribution is 2.27. The van der Waals surface area contributed by atoms with Crippen LogP contribution in [-0.4, -0.2) is 45.0 Å². The maximum Gasteiger partial charge on any atom is 0.262 e. The summed E-state index contributed by atoms with van der Waals surface area (Å²) in [6.45, 7) is 6.78. The molecule has 0 bridgehead atoms. The second-order valence-corrected chi connectivity index (χ2v) is 7.14. The largest absolute Gasteiger partial charge is 0.354 e. The fourth-order valence-electron chi connectivity index (χ4n) is 3.33. The molecule has 1 unspecified atom stereocenters. The maximum absolute atomic E-state index is 12.7. The van der Waals surface area contributed by atoms with Gasteiger partial charge in [-0.1, -0.05) is 26.0 Å². The normalized spacial score (nSPS) is 14.6. The van der Waals surface area contributed by atoms with Crippen LogP contribution in [0.15, 0.2) is 36.7 Å². The van der Waals surface area contributed by atoms with E-state index in [2.05, 4.69) is 10.4 Å². The standard InChI is InChI=1S/C20H24N4O3/c1-13(2)17(18(25)21-9-6-10-23-12-14(3)11-22-23)24-19(26)15-7-4-5-8-16(15)20(24)27/h4-5,7-8,11-13,17H,6,9-10H2,1-3H3,(H,21,25). The van der Waals surface area contributed by atoms with Crippen LogP contribution in [0.2, 0.25) is 0 Å². The van der Waals surface area contributed by atoms with Crippen LogP contribution in [0.4, 0.5) is 0 Å². The van der Waals surface area contributed by atoms with Crippen LogP contribution < -0.4 is 5.32 Å². The van der Waals surface area contributed by atoms with E-state index in [9.17, 15) is 14.4 Å². The van der Waals surface area contributed by atoms with E-state index in [4.69, 9.17) is 0 Å². The van der Waals surface area contributed by atoms with E-state index in [1.54, 1.807) is 30.5 Å². The molecule has 0 fully saturated rings. The zero-order valence-corrected chi connectivity index (χ0v) is 15.8. The number of nitrogens with one attached hydrogen (secondary N) is 1. The van der Waals surface area contributed by atoms with E-state index in [0.717, 1.165) is 10.5 Å². The van der Waals surface area contributed by atoms with Gasteiger partial charge in [-0.15, -0.1) is 0 Å². The van der Waals surface area contributed by atoms with Gasteiger partial charge in [0.05, 0.1) is 17.3 Å². The summed E-state index contributed by atoms with van der Waals surface area (Å²) in [6.07, 6.45) is 4.44. The minimum absolute atomic E-state index is 0.194. The number of nitrogens with zero attached hydrogens (tertiary/aromatic N) is 3. The maximum atomic E-state index is 12.7. The van der Waals surface area contributed by atoms with Gasteiger partial charge in [0.15, 0.2) is 0 Å². The quantitative estimate of drug-likeness (QED) is 0.599. The molecule has 27 heavy (non-hydrogen) atoms. The van der Waals surface area contributed by atoms with Crippen LogP contribution in [0.25, 0.3) is 0 Å². The van der Waals surface area contributed by atoms with Crippen molar-refractivity contribution in [3.63, 3.8) is 0 Å². The van der Waals surface area contributed by atoms with Crippen LogP contribution in [0, 0.1) is 12.8 Å². The molecule has 0 saturated heterocycles. The number of aryl methyl sites for hydroxylation is 2. The lowest BCUT2D eigenvalue weighted by atomic mass is 10.0. The summed E-state index contributed by atoms with van der Waals surface area (Å²) in [5, 5.41) is 7.07. The highest BCUT2D eigenvalue weighted by Gasteiger charge is 2.43. The van der Waals surface area contributed by atoms with Crippen LogP contribution in [0.3, 0.4) is 0 Å². The van der Waals surface area contributed by atoms with Gasteiger partial charge in [-0.05, 0) is 37.0 Å². The molecule has 0 spiro atoms. The van der Waals surface area contributed by atoms with Gasteiger partial charge in [-0.25, -0.2) is 0 Å². The lowest BCUT2D eigenvalue weighted by Gasteiger charge is -2.28. The molecule has 0 radical (unpaired) electrons. The molecular formula is C20H24N4O3. The molecule has 7 heteroatoms. The van der Waals surface area contributed by atoms with E-state index >= 15 is 0 Å². The third-order valence-corrected chi connectivity index (χ3v) is 4.63. The number of benzene rings is 1. The number of hydrogen-bond acceptors (Lipinski definition) is 4. The Bertz CT molecular complexity index is 837. The molecule has 3 amide bonds. The van der Waals surface area contributed by atoms with Gasteiger partial charge in [-0.2, -0.15) is 5.10 Å². The van der Waals surface area contributed by atoms with Crippen LogP contribution >= 0.6 is 0 Å². The lowest BCUT2D eigenvalue weighted by molar-refractivity contribution is -0.126. The zero-order valence-electron chi connectivity index (χ0n) is 15.8. The van der Waals surface area contributed by atoms with Crippen LogP contribution in [0.5, 0.6) is 0 Å². The Balaban J connectivity index is 1.64. The molecule has 3 rings (SSSR count). The van der Waals surface area contributed by atoms with E-state index in [0.29, 0.717) is 30.6 Å². The summed E-state index contributed by atoms with van der Waals surface area (Å²) < 4.78 is 1.82. The van der Waals surface area contributed by atoms with E-state index in [1.807, 2.05) is 31.6 Å². The predicted octanol–water partition coefficient (Wildman–Crippen LogP) is 2.02. The van der Waals surface area contributed by atoms with Gasteiger partial charge >= 0.3 is 0 Å². The Kier molecular flexibility index (Phi) is 5.39. The van der Waals surface area contributed by atoms with Crippen molar-refractivity contribution >= 4 is 17.7 Å². The van der Waals surface area contributed by atoms with Crippen LogP contribution in [0.1, 0.15) is 46.5 Å². The van der Waals surface area contributed by atoms with Crippen molar-refractivity contribution in [3.05, 3.63) is 53.3 Å². The molecule has 1 aliphatic rings. The minimum atomic E-state index is -0.829. The molecular weight excluding hydrogens is 344 g/mol. The van der Waals surface area contributed by atoms with Gasteiger partial charge in [0, 0.05) is 19.3 Å². The molecule has 142 valence electrons. The average Bonchev–Trinajstić information content (AvgIpc) is 3.16. The molecule has 1 aromatic heterocycles. The summed E-state index contributed by atoms with van der Waals surface area (Å²) in [4.78, 5) is 39.2. The van der Waals surface area contributed by atoms with Crippen molar-refractivity contribution in [3.8, 4) is 0 Å². The molecule has 1 aromatic carbocycles. The molecule has 2 heterocycles. The fraction of sp³-hybridized carbons (Fsp3) is 0.400. The first-order valence-corrected chi connectivity index (χ1v) is 9.14. The number of carbonyl (C=O) groups excluding carboxylic acids is 3. The first-order valence-electron chi connectivity index (χ1n) is 9.14. The lowest BCUT2D eigenvalue weighted by Crippen LogP contribution is -2.52. The van der Waals surface area contributed by atoms with Crippen molar-refractivity contribution in [2.75, 3.05) is 6.54 Å². The number of imide groups is 1. The molecule has 1 N–H and O–H groups in total. The summed E-state index contributed by atoms with van der Waals surface area (Å²) in [6, 6.07) is 5.85. The number of fused-ring (bicyclic) bond motifs is 1. The second-order valence-electron chi connectivity index (χ2n) is 7.14. The van der Waals surface area contributed by atoms with Gasteiger partial charge in [0.25, 0.3) is 11.8 Å². The van der Waals surface area contributed by atoms with Crippen LogP contribution in [-0.2, 0) is 11.3 Å². The Morgan fingerprint density at radius 2 is 1.78 bits per heavy atom. The molecule has 1 atom stereocenters. The zero-order chi connectivity index (χ0) is 19.6. The van der Waals surface area contributed by atoms with Crippen molar-refractivity contribution in [1.29, 1.82) is 0 Å². The molecule has 0 saturated carbocycles. The monoisotopic (exact) mass is 368 g/mol. The summed E-state index contributed by atoms with van der Waals surface area (Å²) >= 11 is 0. The highest BCUT2D eigenvalue weighted by molar-refractivity contribution is 6.22. The van der Waals surface area contributed by atoms with Crippen molar-refractivity contribution in [1.82, 2.24) is 20.0 Å². The summed E-state index contributed by atoms with van der Waals surface area (Å²) in [5.74, 6) is -1.31. The molecule has 2 aromatic rings. The molecule has 1 aliphatic heterocycles. The summed E-state index contributed by atoms with van der Waals surface area (Å²) in [5.41, 5.74) is 1.80. The Labute approximate surface area is 158 Å². The van der Waals surface area contributed by atoms with E-state index in [1.165, 1.54) is 0 Å². The number of carbonyl (C=O) groups is 3. The first-order chi connectivity index (χ1) is 12.9. The smallest absolute Gasteiger partial charge is 0.262 e. The van der Waals surface area contributed by atoms with E-state index in [-0.39, 0.29) is 11.8 Å². The number of aromatic nitrogens is 2. The van der Waals surface area contributed by atoms with Gasteiger partial charge in [0.1, 0.15) is 6.04 Å². The third kappa shape index (κ3) is 3.77. The fourth-order valence-corrected chi connectivity index (χ4v) is 3.33.